The molecule has 0 radical (unpaired) electrons. The van der Waals surface area contributed by atoms with Crippen molar-refractivity contribution in [3.8, 4) is 5.75 Å². The van der Waals surface area contributed by atoms with Gasteiger partial charge in [-0.2, -0.15) is 0 Å². The predicted molar refractivity (Wildman–Crippen MR) is 76.1 cm³/mol. The average Bonchev–Trinajstić information content (AvgIpc) is 2.77. The highest BCUT2D eigenvalue weighted by atomic mass is 79.9. The third-order valence-electron chi connectivity index (χ3n) is 2.79. The first-order valence-electron chi connectivity index (χ1n) is 6.05. The van der Waals surface area contributed by atoms with E-state index in [1.165, 1.54) is 18.2 Å². The molecule has 1 aromatic heterocycles. The molecule has 1 heterocycles. The highest BCUT2D eigenvalue weighted by Crippen LogP contribution is 2.33. The summed E-state index contributed by atoms with van der Waals surface area (Å²) < 4.78 is 42.6. The van der Waals surface area contributed by atoms with Crippen molar-refractivity contribution in [1.29, 1.82) is 0 Å². The standard InChI is InChI=1S/C13H13BrF3N3O/c1-8(12-18-5-6-20(12)2)19-9-3-4-11(10(14)7-9)21-13(15,16)17/h3-8,19H,1-2H3. The van der Waals surface area contributed by atoms with Crippen molar-refractivity contribution < 1.29 is 17.9 Å². The van der Waals surface area contributed by atoms with Crippen LogP contribution in [0.25, 0.3) is 0 Å². The van der Waals surface area contributed by atoms with Gasteiger partial charge in [-0.25, -0.2) is 4.98 Å². The van der Waals surface area contributed by atoms with Crippen LogP contribution >= 0.6 is 15.9 Å². The van der Waals surface area contributed by atoms with Gasteiger partial charge in [0.1, 0.15) is 11.6 Å². The van der Waals surface area contributed by atoms with Gasteiger partial charge in [0, 0.05) is 25.1 Å². The molecule has 0 saturated heterocycles. The molecule has 0 fully saturated rings. The molecule has 8 heteroatoms. The quantitative estimate of drug-likeness (QED) is 0.882. The Morgan fingerprint density at radius 2 is 2.10 bits per heavy atom. The lowest BCUT2D eigenvalue weighted by molar-refractivity contribution is -0.274. The fraction of sp³-hybridized carbons (Fsp3) is 0.308. The van der Waals surface area contributed by atoms with Crippen LogP contribution in [0, 0.1) is 0 Å². The first-order valence-corrected chi connectivity index (χ1v) is 6.84. The average molecular weight is 364 g/mol. The molecule has 4 nitrogen and oxygen atoms in total. The molecule has 21 heavy (non-hydrogen) atoms. The van der Waals surface area contributed by atoms with Crippen molar-refractivity contribution in [2.24, 2.45) is 7.05 Å². The van der Waals surface area contributed by atoms with E-state index in [9.17, 15) is 13.2 Å². The molecular weight excluding hydrogens is 351 g/mol. The first kappa shape index (κ1) is 15.7. The van der Waals surface area contributed by atoms with E-state index in [1.54, 1.807) is 6.20 Å². The Balaban J connectivity index is 2.12. The zero-order chi connectivity index (χ0) is 15.6. The second kappa shape index (κ2) is 5.97. The van der Waals surface area contributed by atoms with Crippen LogP contribution in [0.2, 0.25) is 0 Å². The number of rotatable bonds is 4. The van der Waals surface area contributed by atoms with Crippen LogP contribution in [0.15, 0.2) is 35.1 Å². The zero-order valence-corrected chi connectivity index (χ0v) is 12.9. The van der Waals surface area contributed by atoms with Crippen LogP contribution in [0.4, 0.5) is 18.9 Å². The third kappa shape index (κ3) is 4.13. The van der Waals surface area contributed by atoms with E-state index in [2.05, 4.69) is 31.0 Å². The number of benzene rings is 1. The fourth-order valence-electron chi connectivity index (χ4n) is 1.91. The van der Waals surface area contributed by atoms with Gasteiger partial charge in [-0.1, -0.05) is 0 Å². The number of nitrogens with one attached hydrogen (secondary N) is 1. The summed E-state index contributed by atoms with van der Waals surface area (Å²) in [5.41, 5.74) is 0.659. The van der Waals surface area contributed by atoms with Crippen molar-refractivity contribution in [2.75, 3.05) is 5.32 Å². The van der Waals surface area contributed by atoms with E-state index in [-0.39, 0.29) is 16.3 Å². The maximum absolute atomic E-state index is 12.2. The molecule has 2 rings (SSSR count). The zero-order valence-electron chi connectivity index (χ0n) is 11.3. The summed E-state index contributed by atoms with van der Waals surface area (Å²) in [6, 6.07) is 4.21. The second-order valence-corrected chi connectivity index (χ2v) is 5.31. The molecule has 2 aromatic rings. The number of halogens is 4. The molecule has 0 aliphatic carbocycles. The van der Waals surface area contributed by atoms with E-state index >= 15 is 0 Å². The summed E-state index contributed by atoms with van der Waals surface area (Å²) in [4.78, 5) is 4.22. The normalized spacial score (nSPS) is 13.0. The van der Waals surface area contributed by atoms with Crippen LogP contribution in [0.1, 0.15) is 18.8 Å². The molecule has 0 bridgehead atoms. The van der Waals surface area contributed by atoms with Crippen molar-refractivity contribution >= 4 is 21.6 Å². The Hall–Kier alpha value is -1.70. The summed E-state index contributed by atoms with van der Waals surface area (Å²) >= 11 is 3.07. The number of aromatic nitrogens is 2. The molecule has 1 aromatic carbocycles. The highest BCUT2D eigenvalue weighted by molar-refractivity contribution is 9.10. The number of hydrogen-bond donors (Lipinski definition) is 1. The van der Waals surface area contributed by atoms with Gasteiger partial charge in [0.15, 0.2) is 0 Å². The Morgan fingerprint density at radius 1 is 1.38 bits per heavy atom. The lowest BCUT2D eigenvalue weighted by Crippen LogP contribution is -2.17. The van der Waals surface area contributed by atoms with Gasteiger partial charge < -0.3 is 14.6 Å². The Kier molecular flexibility index (Phi) is 4.46. The number of ether oxygens (including phenoxy) is 1. The number of anilines is 1. The SMILES string of the molecule is CC(Nc1ccc(OC(F)(F)F)c(Br)c1)c1nccn1C. The molecule has 0 spiro atoms. The monoisotopic (exact) mass is 363 g/mol. The summed E-state index contributed by atoms with van der Waals surface area (Å²) in [5, 5.41) is 3.17. The second-order valence-electron chi connectivity index (χ2n) is 4.46. The first-order chi connectivity index (χ1) is 9.76. The van der Waals surface area contributed by atoms with Gasteiger partial charge in [-0.15, -0.1) is 13.2 Å². The summed E-state index contributed by atoms with van der Waals surface area (Å²) in [7, 11) is 1.87. The molecule has 1 unspecified atom stereocenters. The lowest BCUT2D eigenvalue weighted by atomic mass is 10.2. The minimum atomic E-state index is -4.71. The predicted octanol–water partition coefficient (Wildman–Crippen LogP) is 4.25. The lowest BCUT2D eigenvalue weighted by Gasteiger charge is -2.16. The smallest absolute Gasteiger partial charge is 0.405 e. The van der Waals surface area contributed by atoms with Gasteiger partial charge in [0.25, 0.3) is 0 Å². The number of hydrogen-bond acceptors (Lipinski definition) is 3. The molecule has 0 aliphatic heterocycles. The van der Waals surface area contributed by atoms with Crippen LogP contribution in [-0.2, 0) is 7.05 Å². The Labute approximate surface area is 128 Å². The van der Waals surface area contributed by atoms with Crippen molar-refractivity contribution in [2.45, 2.75) is 19.3 Å². The van der Waals surface area contributed by atoms with Gasteiger partial charge in [0.05, 0.1) is 10.5 Å². The van der Waals surface area contributed by atoms with E-state index in [1.807, 2.05) is 24.7 Å². The maximum Gasteiger partial charge on any atom is 0.573 e. The third-order valence-corrected chi connectivity index (χ3v) is 3.41. The van der Waals surface area contributed by atoms with Gasteiger partial charge >= 0.3 is 6.36 Å². The Bertz CT molecular complexity index is 627. The summed E-state index contributed by atoms with van der Waals surface area (Å²) in [5.74, 6) is 0.541. The summed E-state index contributed by atoms with van der Waals surface area (Å²) in [6.07, 6.45) is -1.20. The van der Waals surface area contributed by atoms with Crippen molar-refractivity contribution in [3.05, 3.63) is 40.9 Å². The van der Waals surface area contributed by atoms with Crippen LogP contribution in [0.5, 0.6) is 5.75 Å². The largest absolute Gasteiger partial charge is 0.573 e. The number of nitrogens with zero attached hydrogens (tertiary/aromatic N) is 2. The van der Waals surface area contributed by atoms with E-state index in [0.717, 1.165) is 5.82 Å². The molecule has 0 aliphatic rings. The van der Waals surface area contributed by atoms with Crippen molar-refractivity contribution in [3.63, 3.8) is 0 Å². The Morgan fingerprint density at radius 3 is 2.62 bits per heavy atom. The number of aryl methyl sites for hydroxylation is 1. The maximum atomic E-state index is 12.2. The minimum Gasteiger partial charge on any atom is -0.405 e. The molecule has 0 amide bonds. The van der Waals surface area contributed by atoms with Crippen molar-refractivity contribution in [1.82, 2.24) is 9.55 Å². The molecule has 114 valence electrons. The van der Waals surface area contributed by atoms with Crippen LogP contribution in [0.3, 0.4) is 0 Å². The molecule has 0 saturated carbocycles. The van der Waals surface area contributed by atoms with E-state index < -0.39 is 6.36 Å². The number of imidazole rings is 1. The van der Waals surface area contributed by atoms with Gasteiger partial charge in [0.2, 0.25) is 0 Å². The van der Waals surface area contributed by atoms with Gasteiger partial charge in [-0.3, -0.25) is 0 Å². The highest BCUT2D eigenvalue weighted by Gasteiger charge is 2.32. The molecular formula is C13H13BrF3N3O. The molecule has 1 N–H and O–H groups in total. The molecule has 1 atom stereocenters. The van der Waals surface area contributed by atoms with Gasteiger partial charge in [-0.05, 0) is 41.1 Å². The van der Waals surface area contributed by atoms with Crippen LogP contribution < -0.4 is 10.1 Å². The summed E-state index contributed by atoms with van der Waals surface area (Å²) in [6.45, 7) is 1.91. The number of alkyl halides is 3. The van der Waals surface area contributed by atoms with E-state index in [0.29, 0.717) is 5.69 Å². The topological polar surface area (TPSA) is 39.1 Å². The minimum absolute atomic E-state index is 0.0914. The van der Waals surface area contributed by atoms with E-state index in [4.69, 9.17) is 0 Å². The fourth-order valence-corrected chi connectivity index (χ4v) is 2.37. The van der Waals surface area contributed by atoms with Crippen LogP contribution in [-0.4, -0.2) is 15.9 Å².